The van der Waals surface area contributed by atoms with Crippen LogP contribution in [0.5, 0.6) is 0 Å². The molecule has 84 valence electrons. The van der Waals surface area contributed by atoms with Gasteiger partial charge in [-0.25, -0.2) is 0 Å². The van der Waals surface area contributed by atoms with Gasteiger partial charge in [-0.1, -0.05) is 36.8 Å². The van der Waals surface area contributed by atoms with Crippen molar-refractivity contribution in [2.45, 2.75) is 25.8 Å². The van der Waals surface area contributed by atoms with Crippen molar-refractivity contribution in [3.63, 3.8) is 0 Å². The first-order chi connectivity index (χ1) is 7.88. The Bertz CT molecular complexity index is 353. The summed E-state index contributed by atoms with van der Waals surface area (Å²) in [4.78, 5) is 2.41. The van der Waals surface area contributed by atoms with E-state index in [2.05, 4.69) is 35.2 Å². The quantitative estimate of drug-likeness (QED) is 0.757. The monoisotopic (exact) mass is 214 g/mol. The first-order valence-corrected chi connectivity index (χ1v) is 6.04. The summed E-state index contributed by atoms with van der Waals surface area (Å²) >= 11 is 0. The fourth-order valence-electron chi connectivity index (χ4n) is 2.31. The first-order valence-electron chi connectivity index (χ1n) is 6.04. The van der Waals surface area contributed by atoms with E-state index in [4.69, 9.17) is 5.26 Å². The average molecular weight is 214 g/mol. The summed E-state index contributed by atoms with van der Waals surface area (Å²) in [5, 5.41) is 9.02. The van der Waals surface area contributed by atoms with Gasteiger partial charge in [-0.2, -0.15) is 5.26 Å². The molecule has 0 bridgehead atoms. The third kappa shape index (κ3) is 3.08. The van der Waals surface area contributed by atoms with Crippen molar-refractivity contribution in [2.24, 2.45) is 5.92 Å². The van der Waals surface area contributed by atoms with Gasteiger partial charge < -0.3 is 0 Å². The number of hydrogen-bond acceptors (Lipinski definition) is 2. The molecule has 0 radical (unpaired) electrons. The van der Waals surface area contributed by atoms with Crippen molar-refractivity contribution in [3.8, 4) is 6.07 Å². The molecule has 1 atom stereocenters. The van der Waals surface area contributed by atoms with Crippen LogP contribution in [0.25, 0.3) is 0 Å². The summed E-state index contributed by atoms with van der Waals surface area (Å²) in [6.45, 7) is 3.05. The van der Waals surface area contributed by atoms with Crippen molar-refractivity contribution < 1.29 is 0 Å². The average Bonchev–Trinajstić information content (AvgIpc) is 2.55. The fourth-order valence-corrected chi connectivity index (χ4v) is 2.31. The maximum atomic E-state index is 9.02. The molecule has 1 heterocycles. The highest BCUT2D eigenvalue weighted by Gasteiger charge is 2.17. The Morgan fingerprint density at radius 3 is 2.81 bits per heavy atom. The first kappa shape index (κ1) is 11.2. The molecular weight excluding hydrogens is 196 g/mol. The largest absolute Gasteiger partial charge is 0.298 e. The molecule has 0 N–H and O–H groups in total. The minimum absolute atomic E-state index is 0.228. The number of rotatable bonds is 2. The second kappa shape index (κ2) is 5.67. The Kier molecular flexibility index (Phi) is 3.96. The van der Waals surface area contributed by atoms with E-state index in [0.29, 0.717) is 0 Å². The van der Waals surface area contributed by atoms with Gasteiger partial charge in [0.05, 0.1) is 12.0 Å². The number of likely N-dealkylation sites (tertiary alicyclic amines) is 1. The number of hydrogen-bond donors (Lipinski definition) is 0. The molecule has 2 rings (SSSR count). The maximum absolute atomic E-state index is 9.02. The van der Waals surface area contributed by atoms with E-state index in [1.807, 2.05) is 6.07 Å². The molecule has 2 nitrogen and oxygen atoms in total. The van der Waals surface area contributed by atoms with Gasteiger partial charge >= 0.3 is 0 Å². The summed E-state index contributed by atoms with van der Waals surface area (Å²) in [5.41, 5.74) is 1.35. The van der Waals surface area contributed by atoms with Crippen molar-refractivity contribution in [1.29, 1.82) is 5.26 Å². The summed E-state index contributed by atoms with van der Waals surface area (Å²) in [6, 6.07) is 12.9. The zero-order chi connectivity index (χ0) is 11.2. The molecule has 1 unspecified atom stereocenters. The van der Waals surface area contributed by atoms with E-state index in [1.54, 1.807) is 0 Å². The third-order valence-corrected chi connectivity index (χ3v) is 3.19. The summed E-state index contributed by atoms with van der Waals surface area (Å²) in [5.74, 6) is 0.228. The molecule has 0 aliphatic carbocycles. The van der Waals surface area contributed by atoms with Gasteiger partial charge in [-0.05, 0) is 24.9 Å². The second-order valence-corrected chi connectivity index (χ2v) is 4.54. The van der Waals surface area contributed by atoms with Gasteiger partial charge in [0, 0.05) is 13.1 Å². The van der Waals surface area contributed by atoms with E-state index >= 15 is 0 Å². The smallest absolute Gasteiger partial charge is 0.0669 e. The highest BCUT2D eigenvalue weighted by molar-refractivity contribution is 5.14. The lowest BCUT2D eigenvalue weighted by molar-refractivity contribution is 0.259. The van der Waals surface area contributed by atoms with Gasteiger partial charge in [0.15, 0.2) is 0 Å². The van der Waals surface area contributed by atoms with Crippen molar-refractivity contribution in [1.82, 2.24) is 4.90 Å². The molecule has 2 heteroatoms. The van der Waals surface area contributed by atoms with Crippen molar-refractivity contribution in [3.05, 3.63) is 35.9 Å². The van der Waals surface area contributed by atoms with Crippen molar-refractivity contribution >= 4 is 0 Å². The number of benzene rings is 1. The molecule has 1 aromatic carbocycles. The van der Waals surface area contributed by atoms with Crippen LogP contribution < -0.4 is 0 Å². The van der Waals surface area contributed by atoms with E-state index in [9.17, 15) is 0 Å². The van der Waals surface area contributed by atoms with Crippen LogP contribution in [0.15, 0.2) is 30.3 Å². The topological polar surface area (TPSA) is 27.0 Å². The molecular formula is C14H18N2. The highest BCUT2D eigenvalue weighted by atomic mass is 15.1. The normalized spacial score (nSPS) is 22.3. The lowest BCUT2D eigenvalue weighted by atomic mass is 10.1. The predicted molar refractivity (Wildman–Crippen MR) is 64.7 cm³/mol. The van der Waals surface area contributed by atoms with Crippen LogP contribution in [0.2, 0.25) is 0 Å². The van der Waals surface area contributed by atoms with E-state index in [0.717, 1.165) is 26.1 Å². The standard InChI is InChI=1S/C14H18N2/c15-10-14-8-4-5-9-16(12-14)11-13-6-2-1-3-7-13/h1-3,6-7,14H,4-5,8-9,11-12H2. The van der Waals surface area contributed by atoms with E-state index in [-0.39, 0.29) is 5.92 Å². The third-order valence-electron chi connectivity index (χ3n) is 3.19. The molecule has 1 aromatic rings. The number of nitrogens with zero attached hydrogens (tertiary/aromatic N) is 2. The lowest BCUT2D eigenvalue weighted by Gasteiger charge is -2.21. The Hall–Kier alpha value is -1.33. The van der Waals surface area contributed by atoms with Gasteiger partial charge in [-0.3, -0.25) is 4.90 Å². The molecule has 0 saturated carbocycles. The summed E-state index contributed by atoms with van der Waals surface area (Å²) in [7, 11) is 0. The molecule has 0 spiro atoms. The molecule has 1 aliphatic rings. The minimum atomic E-state index is 0.228. The molecule has 16 heavy (non-hydrogen) atoms. The Balaban J connectivity index is 1.96. The highest BCUT2D eigenvalue weighted by Crippen LogP contribution is 2.17. The minimum Gasteiger partial charge on any atom is -0.298 e. The zero-order valence-electron chi connectivity index (χ0n) is 9.60. The second-order valence-electron chi connectivity index (χ2n) is 4.54. The van der Waals surface area contributed by atoms with Crippen LogP contribution in [0, 0.1) is 17.2 Å². The van der Waals surface area contributed by atoms with Gasteiger partial charge in [0.1, 0.15) is 0 Å². The van der Waals surface area contributed by atoms with E-state index < -0.39 is 0 Å². The molecule has 1 aliphatic heterocycles. The molecule has 0 amide bonds. The van der Waals surface area contributed by atoms with Gasteiger partial charge in [-0.15, -0.1) is 0 Å². The van der Waals surface area contributed by atoms with Crippen LogP contribution >= 0.6 is 0 Å². The maximum Gasteiger partial charge on any atom is 0.0669 e. The lowest BCUT2D eigenvalue weighted by Crippen LogP contribution is -2.27. The van der Waals surface area contributed by atoms with Gasteiger partial charge in [0.25, 0.3) is 0 Å². The van der Waals surface area contributed by atoms with Gasteiger partial charge in [0.2, 0.25) is 0 Å². The van der Waals surface area contributed by atoms with Crippen LogP contribution in [-0.2, 0) is 6.54 Å². The van der Waals surface area contributed by atoms with Crippen molar-refractivity contribution in [2.75, 3.05) is 13.1 Å². The summed E-state index contributed by atoms with van der Waals surface area (Å²) in [6.07, 6.45) is 3.50. The summed E-state index contributed by atoms with van der Waals surface area (Å²) < 4.78 is 0. The van der Waals surface area contributed by atoms with Crippen LogP contribution in [0.1, 0.15) is 24.8 Å². The molecule has 1 fully saturated rings. The molecule has 0 aromatic heterocycles. The Labute approximate surface area is 97.5 Å². The van der Waals surface area contributed by atoms with Crippen LogP contribution in [0.3, 0.4) is 0 Å². The fraction of sp³-hybridized carbons (Fsp3) is 0.500. The predicted octanol–water partition coefficient (Wildman–Crippen LogP) is 2.81. The molecule has 1 saturated heterocycles. The Morgan fingerprint density at radius 2 is 2.06 bits per heavy atom. The van der Waals surface area contributed by atoms with E-state index in [1.165, 1.54) is 18.4 Å². The SMILES string of the molecule is N#CC1CCCCN(Cc2ccccc2)C1. The van der Waals surface area contributed by atoms with Crippen LogP contribution in [-0.4, -0.2) is 18.0 Å². The zero-order valence-corrected chi connectivity index (χ0v) is 9.60. The van der Waals surface area contributed by atoms with Crippen LogP contribution in [0.4, 0.5) is 0 Å². The number of nitriles is 1. The Morgan fingerprint density at radius 1 is 1.25 bits per heavy atom.